The third-order valence-electron chi connectivity index (χ3n) is 3.55. The van der Waals surface area contributed by atoms with Crippen molar-refractivity contribution in [2.45, 2.75) is 27.2 Å². The van der Waals surface area contributed by atoms with Gasteiger partial charge in [-0.05, 0) is 25.8 Å². The SMILES string of the molecule is CCOC(=O)c1c(NC(=O)COC(=O)c2nccnc2N)sc(C)c1CC. The van der Waals surface area contributed by atoms with Gasteiger partial charge in [-0.2, -0.15) is 0 Å². The largest absolute Gasteiger partial charge is 0.462 e. The van der Waals surface area contributed by atoms with Gasteiger partial charge in [-0.15, -0.1) is 11.3 Å². The molecule has 0 bridgehead atoms. The van der Waals surface area contributed by atoms with Crippen LogP contribution in [0.15, 0.2) is 12.4 Å². The Balaban J connectivity index is 2.08. The fraction of sp³-hybridized carbons (Fsp3) is 0.353. The van der Waals surface area contributed by atoms with Crippen LogP contribution in [0, 0.1) is 6.92 Å². The van der Waals surface area contributed by atoms with E-state index in [0.29, 0.717) is 17.0 Å². The molecule has 0 unspecified atom stereocenters. The highest BCUT2D eigenvalue weighted by atomic mass is 32.1. The molecule has 0 aromatic carbocycles. The van der Waals surface area contributed by atoms with Crippen molar-refractivity contribution in [3.05, 3.63) is 34.1 Å². The van der Waals surface area contributed by atoms with Crippen LogP contribution in [0.4, 0.5) is 10.8 Å². The molecular weight excluding hydrogens is 372 g/mol. The number of anilines is 2. The van der Waals surface area contributed by atoms with Crippen molar-refractivity contribution in [2.75, 3.05) is 24.3 Å². The van der Waals surface area contributed by atoms with Crippen molar-refractivity contribution >= 4 is 40.0 Å². The fourth-order valence-corrected chi connectivity index (χ4v) is 3.53. The molecule has 0 atom stereocenters. The quantitative estimate of drug-likeness (QED) is 0.683. The van der Waals surface area contributed by atoms with E-state index < -0.39 is 24.5 Å². The minimum Gasteiger partial charge on any atom is -0.462 e. The molecule has 0 saturated heterocycles. The van der Waals surface area contributed by atoms with Crippen LogP contribution < -0.4 is 11.1 Å². The Hall–Kier alpha value is -3.01. The standard InChI is InChI=1S/C17H20N4O5S/c1-4-10-9(3)27-15(12(10)16(23)25-5-2)21-11(22)8-26-17(24)13-14(18)20-7-6-19-13/h6-7H,4-5,8H2,1-3H3,(H2,18,20)(H,21,22). The zero-order valence-corrected chi connectivity index (χ0v) is 16.0. The second-order valence-corrected chi connectivity index (χ2v) is 6.55. The summed E-state index contributed by atoms with van der Waals surface area (Å²) in [4.78, 5) is 44.8. The van der Waals surface area contributed by atoms with Gasteiger partial charge in [-0.25, -0.2) is 19.6 Å². The number of aryl methyl sites for hydroxylation is 1. The van der Waals surface area contributed by atoms with E-state index in [0.717, 1.165) is 10.4 Å². The summed E-state index contributed by atoms with van der Waals surface area (Å²) in [5, 5.41) is 2.96. The maximum Gasteiger partial charge on any atom is 0.361 e. The number of hydrogen-bond donors (Lipinski definition) is 2. The Bertz CT molecular complexity index is 865. The van der Waals surface area contributed by atoms with Crippen LogP contribution in [0.1, 0.15) is 45.1 Å². The average Bonchev–Trinajstić information content (AvgIpc) is 2.95. The van der Waals surface area contributed by atoms with E-state index in [9.17, 15) is 14.4 Å². The first-order chi connectivity index (χ1) is 12.9. The second-order valence-electron chi connectivity index (χ2n) is 5.33. The molecule has 144 valence electrons. The number of ether oxygens (including phenoxy) is 2. The molecule has 0 fully saturated rings. The van der Waals surface area contributed by atoms with E-state index in [1.54, 1.807) is 6.92 Å². The Labute approximate surface area is 159 Å². The molecule has 2 aromatic rings. The number of nitrogens with zero attached hydrogens (tertiary/aromatic N) is 2. The number of nitrogens with two attached hydrogens (primary N) is 1. The van der Waals surface area contributed by atoms with Crippen molar-refractivity contribution in [1.29, 1.82) is 0 Å². The van der Waals surface area contributed by atoms with Crippen molar-refractivity contribution in [2.24, 2.45) is 0 Å². The van der Waals surface area contributed by atoms with E-state index in [1.807, 2.05) is 13.8 Å². The van der Waals surface area contributed by atoms with Gasteiger partial charge in [0.15, 0.2) is 18.1 Å². The number of nitrogen functional groups attached to an aromatic ring is 1. The Morgan fingerprint density at radius 2 is 1.85 bits per heavy atom. The van der Waals surface area contributed by atoms with Gasteiger partial charge in [-0.1, -0.05) is 6.92 Å². The molecule has 0 aliphatic rings. The molecule has 0 spiro atoms. The van der Waals surface area contributed by atoms with Crippen molar-refractivity contribution < 1.29 is 23.9 Å². The number of nitrogens with one attached hydrogen (secondary N) is 1. The van der Waals surface area contributed by atoms with Crippen molar-refractivity contribution in [3.8, 4) is 0 Å². The molecule has 3 N–H and O–H groups in total. The minimum absolute atomic E-state index is 0.0889. The number of carbonyl (C=O) groups is 3. The third kappa shape index (κ3) is 4.79. The summed E-state index contributed by atoms with van der Waals surface area (Å²) in [6, 6.07) is 0. The van der Waals surface area contributed by atoms with E-state index in [-0.39, 0.29) is 18.1 Å². The summed E-state index contributed by atoms with van der Waals surface area (Å²) in [6.45, 7) is 5.14. The number of aromatic nitrogens is 2. The van der Waals surface area contributed by atoms with E-state index in [2.05, 4.69) is 15.3 Å². The van der Waals surface area contributed by atoms with Crippen LogP contribution in [-0.2, 0) is 20.7 Å². The van der Waals surface area contributed by atoms with Gasteiger partial charge in [0.2, 0.25) is 0 Å². The predicted octanol–water partition coefficient (Wildman–Crippen LogP) is 1.96. The third-order valence-corrected chi connectivity index (χ3v) is 4.61. The monoisotopic (exact) mass is 392 g/mol. The van der Waals surface area contributed by atoms with E-state index in [4.69, 9.17) is 15.2 Å². The van der Waals surface area contributed by atoms with Gasteiger partial charge in [0.05, 0.1) is 12.2 Å². The highest BCUT2D eigenvalue weighted by Gasteiger charge is 2.24. The summed E-state index contributed by atoms with van der Waals surface area (Å²) in [5.41, 5.74) is 6.53. The summed E-state index contributed by atoms with van der Waals surface area (Å²) >= 11 is 1.27. The smallest absolute Gasteiger partial charge is 0.361 e. The van der Waals surface area contributed by atoms with Crippen LogP contribution in [0.2, 0.25) is 0 Å². The highest BCUT2D eigenvalue weighted by molar-refractivity contribution is 7.16. The van der Waals surface area contributed by atoms with Gasteiger partial charge in [0.1, 0.15) is 5.00 Å². The Kier molecular flexibility index (Phi) is 6.83. The van der Waals surface area contributed by atoms with Gasteiger partial charge in [0.25, 0.3) is 5.91 Å². The van der Waals surface area contributed by atoms with Crippen molar-refractivity contribution in [1.82, 2.24) is 9.97 Å². The molecule has 9 nitrogen and oxygen atoms in total. The molecule has 0 saturated carbocycles. The van der Waals surface area contributed by atoms with E-state index >= 15 is 0 Å². The Morgan fingerprint density at radius 3 is 2.48 bits per heavy atom. The molecule has 0 aliphatic carbocycles. The molecule has 10 heteroatoms. The molecule has 0 aliphatic heterocycles. The van der Waals surface area contributed by atoms with Crippen LogP contribution in [0.3, 0.4) is 0 Å². The summed E-state index contributed by atoms with van der Waals surface area (Å²) in [5.74, 6) is -2.05. The van der Waals surface area contributed by atoms with Crippen molar-refractivity contribution in [3.63, 3.8) is 0 Å². The molecule has 2 rings (SSSR count). The second kappa shape index (κ2) is 9.08. The lowest BCUT2D eigenvalue weighted by atomic mass is 10.1. The van der Waals surface area contributed by atoms with E-state index in [1.165, 1.54) is 23.7 Å². The van der Waals surface area contributed by atoms with Gasteiger partial charge in [-0.3, -0.25) is 4.79 Å². The molecule has 2 aromatic heterocycles. The number of carbonyl (C=O) groups excluding carboxylic acids is 3. The normalized spacial score (nSPS) is 10.3. The molecule has 1 amide bonds. The van der Waals surface area contributed by atoms with Gasteiger partial charge < -0.3 is 20.5 Å². The predicted molar refractivity (Wildman–Crippen MR) is 99.7 cm³/mol. The van der Waals surface area contributed by atoms with Crippen LogP contribution in [0.5, 0.6) is 0 Å². The molecule has 2 heterocycles. The molecular formula is C17H20N4O5S. The summed E-state index contributed by atoms with van der Waals surface area (Å²) in [6.07, 6.45) is 3.24. The first-order valence-corrected chi connectivity index (χ1v) is 9.03. The maximum absolute atomic E-state index is 12.2. The summed E-state index contributed by atoms with van der Waals surface area (Å²) < 4.78 is 9.99. The van der Waals surface area contributed by atoms with Crippen LogP contribution in [-0.4, -0.2) is 41.0 Å². The minimum atomic E-state index is -0.863. The number of rotatable bonds is 7. The summed E-state index contributed by atoms with van der Waals surface area (Å²) in [7, 11) is 0. The zero-order chi connectivity index (χ0) is 20.0. The van der Waals surface area contributed by atoms with Gasteiger partial charge >= 0.3 is 11.9 Å². The zero-order valence-electron chi connectivity index (χ0n) is 15.2. The van der Waals surface area contributed by atoms with Crippen LogP contribution in [0.25, 0.3) is 0 Å². The number of esters is 2. The average molecular weight is 392 g/mol. The Morgan fingerprint density at radius 1 is 1.15 bits per heavy atom. The van der Waals surface area contributed by atoms with Gasteiger partial charge in [0, 0.05) is 17.3 Å². The highest BCUT2D eigenvalue weighted by Crippen LogP contribution is 2.34. The topological polar surface area (TPSA) is 134 Å². The first kappa shape index (κ1) is 20.3. The molecule has 0 radical (unpaired) electrons. The first-order valence-electron chi connectivity index (χ1n) is 8.21. The number of hydrogen-bond acceptors (Lipinski definition) is 9. The maximum atomic E-state index is 12.2. The lowest BCUT2D eigenvalue weighted by molar-refractivity contribution is -0.119. The lowest BCUT2D eigenvalue weighted by Crippen LogP contribution is -2.22. The molecule has 27 heavy (non-hydrogen) atoms. The number of amides is 1. The van der Waals surface area contributed by atoms with Crippen LogP contribution >= 0.6 is 11.3 Å². The fourth-order valence-electron chi connectivity index (χ4n) is 2.38. The lowest BCUT2D eigenvalue weighted by Gasteiger charge is -2.08. The number of thiophene rings is 1.